The van der Waals surface area contributed by atoms with Gasteiger partial charge in [0.15, 0.2) is 0 Å². The van der Waals surface area contributed by atoms with E-state index in [1.165, 1.54) is 38.7 Å². The summed E-state index contributed by atoms with van der Waals surface area (Å²) in [4.78, 5) is 4.50. The van der Waals surface area contributed by atoms with Gasteiger partial charge in [-0.25, -0.2) is 0 Å². The smallest absolute Gasteiger partial charge is 0.127 e. The average molecular weight is 516 g/mol. The van der Waals surface area contributed by atoms with Gasteiger partial charge in [0.25, 0.3) is 0 Å². The van der Waals surface area contributed by atoms with E-state index in [1.807, 2.05) is 12.3 Å². The maximum Gasteiger partial charge on any atom is 0.127 e. The summed E-state index contributed by atoms with van der Waals surface area (Å²) in [5.74, 6) is 0.999. The molecule has 148 valence electrons. The highest BCUT2D eigenvalue weighted by atomic mass is 127. The predicted molar refractivity (Wildman–Crippen MR) is 127 cm³/mol. The van der Waals surface area contributed by atoms with Crippen LogP contribution in [0, 0.1) is 3.57 Å². The minimum absolute atomic E-state index is 0.195. The molecule has 4 heteroatoms. The molecule has 0 saturated heterocycles. The van der Waals surface area contributed by atoms with Crippen LogP contribution in [0.25, 0.3) is 11.1 Å². The summed E-state index contributed by atoms with van der Waals surface area (Å²) in [7, 11) is 0. The Kier molecular flexibility index (Phi) is 5.29. The molecular formula is C25H23ClINO. The summed E-state index contributed by atoms with van der Waals surface area (Å²) in [6.45, 7) is 0. The molecule has 2 aromatic carbocycles. The van der Waals surface area contributed by atoms with Crippen LogP contribution in [-0.4, -0.2) is 11.1 Å². The normalized spacial score (nSPS) is 17.2. The van der Waals surface area contributed by atoms with E-state index in [0.717, 1.165) is 36.5 Å². The number of rotatable bonds is 7. The SMILES string of the molecule is Clc1ccc(I)cc1CCC1(c2cnccc2-c2ccccc2OC2CC2)CC1. The summed E-state index contributed by atoms with van der Waals surface area (Å²) >= 11 is 8.82. The monoisotopic (exact) mass is 515 g/mol. The molecule has 2 aliphatic carbocycles. The number of hydrogen-bond acceptors (Lipinski definition) is 2. The summed E-state index contributed by atoms with van der Waals surface area (Å²) < 4.78 is 7.45. The van der Waals surface area contributed by atoms with Crippen molar-refractivity contribution in [3.8, 4) is 16.9 Å². The van der Waals surface area contributed by atoms with E-state index >= 15 is 0 Å². The van der Waals surface area contributed by atoms with Crippen molar-refractivity contribution in [3.05, 3.63) is 80.6 Å². The molecule has 0 spiro atoms. The molecule has 0 radical (unpaired) electrons. The lowest BCUT2D eigenvalue weighted by Crippen LogP contribution is -2.11. The van der Waals surface area contributed by atoms with Crippen molar-refractivity contribution in [2.45, 2.75) is 50.0 Å². The number of halogens is 2. The number of aromatic nitrogens is 1. The van der Waals surface area contributed by atoms with Gasteiger partial charge in [-0.3, -0.25) is 4.98 Å². The van der Waals surface area contributed by atoms with Gasteiger partial charge in [-0.2, -0.15) is 0 Å². The quantitative estimate of drug-likeness (QED) is 0.310. The van der Waals surface area contributed by atoms with E-state index in [1.54, 1.807) is 0 Å². The summed E-state index contributed by atoms with van der Waals surface area (Å²) in [6, 6.07) is 16.9. The molecule has 2 aliphatic rings. The Morgan fingerprint density at radius 2 is 1.90 bits per heavy atom. The molecule has 0 unspecified atom stereocenters. The van der Waals surface area contributed by atoms with Crippen LogP contribution in [0.2, 0.25) is 5.02 Å². The van der Waals surface area contributed by atoms with E-state index in [9.17, 15) is 0 Å². The summed E-state index contributed by atoms with van der Waals surface area (Å²) in [6.07, 6.45) is 11.2. The molecule has 2 fully saturated rings. The zero-order chi connectivity index (χ0) is 19.8. The maximum atomic E-state index is 6.46. The molecule has 0 aliphatic heterocycles. The van der Waals surface area contributed by atoms with Crippen molar-refractivity contribution in [2.24, 2.45) is 0 Å². The number of aryl methyl sites for hydroxylation is 1. The van der Waals surface area contributed by atoms with Gasteiger partial charge in [0.1, 0.15) is 5.75 Å². The Hall–Kier alpha value is -1.59. The number of benzene rings is 2. The maximum absolute atomic E-state index is 6.46. The van der Waals surface area contributed by atoms with Gasteiger partial charge in [-0.15, -0.1) is 0 Å². The first-order valence-electron chi connectivity index (χ1n) is 10.3. The van der Waals surface area contributed by atoms with Crippen LogP contribution < -0.4 is 4.74 Å². The molecule has 0 amide bonds. The Morgan fingerprint density at radius 1 is 1.07 bits per heavy atom. The second-order valence-corrected chi connectivity index (χ2v) is 9.90. The minimum atomic E-state index is 0.195. The van der Waals surface area contributed by atoms with E-state index in [4.69, 9.17) is 16.3 Å². The van der Waals surface area contributed by atoms with Crippen LogP contribution in [0.3, 0.4) is 0 Å². The molecule has 1 heterocycles. The van der Waals surface area contributed by atoms with Crippen molar-refractivity contribution in [3.63, 3.8) is 0 Å². The molecule has 0 N–H and O–H groups in total. The first kappa shape index (κ1) is 19.4. The zero-order valence-electron chi connectivity index (χ0n) is 16.2. The second kappa shape index (κ2) is 7.92. The van der Waals surface area contributed by atoms with E-state index < -0.39 is 0 Å². The molecule has 0 bridgehead atoms. The topological polar surface area (TPSA) is 22.1 Å². The average Bonchev–Trinajstić information content (AvgIpc) is 3.66. The number of pyridine rings is 1. The summed E-state index contributed by atoms with van der Waals surface area (Å²) in [5.41, 5.74) is 5.25. The van der Waals surface area contributed by atoms with E-state index in [0.29, 0.717) is 6.10 Å². The molecule has 1 aromatic heterocycles. The first-order chi connectivity index (χ1) is 14.1. The molecular weight excluding hydrogens is 493 g/mol. The van der Waals surface area contributed by atoms with Gasteiger partial charge in [0.2, 0.25) is 0 Å². The highest BCUT2D eigenvalue weighted by Gasteiger charge is 2.45. The molecule has 3 aromatic rings. The van der Waals surface area contributed by atoms with Gasteiger partial charge in [0, 0.05) is 26.5 Å². The third-order valence-corrected chi connectivity index (χ3v) is 7.16. The van der Waals surface area contributed by atoms with Gasteiger partial charge in [-0.1, -0.05) is 29.8 Å². The third-order valence-electron chi connectivity index (χ3n) is 6.12. The second-order valence-electron chi connectivity index (χ2n) is 8.25. The lowest BCUT2D eigenvalue weighted by molar-refractivity contribution is 0.304. The minimum Gasteiger partial charge on any atom is -0.490 e. The number of nitrogens with zero attached hydrogens (tertiary/aromatic N) is 1. The summed E-state index contributed by atoms with van der Waals surface area (Å²) in [5, 5.41) is 0.871. The van der Waals surface area contributed by atoms with Crippen molar-refractivity contribution < 1.29 is 4.74 Å². The van der Waals surface area contributed by atoms with Crippen LogP contribution in [0.5, 0.6) is 5.75 Å². The van der Waals surface area contributed by atoms with Crippen LogP contribution in [0.15, 0.2) is 60.9 Å². The lowest BCUT2D eigenvalue weighted by atomic mass is 9.85. The Morgan fingerprint density at radius 3 is 2.69 bits per heavy atom. The van der Waals surface area contributed by atoms with Gasteiger partial charge in [0.05, 0.1) is 6.10 Å². The fourth-order valence-electron chi connectivity index (χ4n) is 4.12. The van der Waals surface area contributed by atoms with E-state index in [2.05, 4.69) is 76.2 Å². The van der Waals surface area contributed by atoms with Crippen molar-refractivity contribution in [2.75, 3.05) is 0 Å². The standard InChI is InChI=1S/C25H23ClINO/c26-23-8-5-18(27)15-17(23)9-11-25(12-13-25)22-16-28-14-10-20(22)21-3-1-2-4-24(21)29-19-6-7-19/h1-5,8,10,14-16,19H,6-7,9,11-13H2. The van der Waals surface area contributed by atoms with E-state index in [-0.39, 0.29) is 5.41 Å². The van der Waals surface area contributed by atoms with Gasteiger partial charge < -0.3 is 4.74 Å². The zero-order valence-corrected chi connectivity index (χ0v) is 19.1. The number of ether oxygens (including phenoxy) is 1. The molecule has 2 nitrogen and oxygen atoms in total. The third kappa shape index (κ3) is 4.17. The van der Waals surface area contributed by atoms with Gasteiger partial charge in [-0.05, 0) is 114 Å². The lowest BCUT2D eigenvalue weighted by Gasteiger charge is -2.21. The fraction of sp³-hybridized carbons (Fsp3) is 0.320. The Labute approximate surface area is 190 Å². The number of para-hydroxylation sites is 1. The number of hydrogen-bond donors (Lipinski definition) is 0. The first-order valence-corrected chi connectivity index (χ1v) is 11.7. The predicted octanol–water partition coefficient (Wildman–Crippen LogP) is 7.21. The molecule has 29 heavy (non-hydrogen) atoms. The highest BCUT2D eigenvalue weighted by molar-refractivity contribution is 14.1. The van der Waals surface area contributed by atoms with Crippen molar-refractivity contribution in [1.82, 2.24) is 4.98 Å². The van der Waals surface area contributed by atoms with Crippen molar-refractivity contribution >= 4 is 34.2 Å². The Bertz CT molecular complexity index is 1040. The van der Waals surface area contributed by atoms with Crippen molar-refractivity contribution in [1.29, 1.82) is 0 Å². The molecule has 2 saturated carbocycles. The van der Waals surface area contributed by atoms with Crippen LogP contribution in [0.1, 0.15) is 43.2 Å². The van der Waals surface area contributed by atoms with Crippen LogP contribution in [-0.2, 0) is 11.8 Å². The molecule has 5 rings (SSSR count). The van der Waals surface area contributed by atoms with Crippen LogP contribution in [0.4, 0.5) is 0 Å². The largest absolute Gasteiger partial charge is 0.490 e. The Balaban J connectivity index is 1.46. The highest BCUT2D eigenvalue weighted by Crippen LogP contribution is 2.55. The van der Waals surface area contributed by atoms with Gasteiger partial charge >= 0.3 is 0 Å². The van der Waals surface area contributed by atoms with Crippen LogP contribution >= 0.6 is 34.2 Å². The fourth-order valence-corrected chi connectivity index (χ4v) is 4.89. The molecule has 0 atom stereocenters.